The van der Waals surface area contributed by atoms with Crippen molar-refractivity contribution in [3.8, 4) is 11.1 Å². The zero-order valence-corrected chi connectivity index (χ0v) is 12.2. The van der Waals surface area contributed by atoms with Crippen LogP contribution in [0.5, 0.6) is 0 Å². The van der Waals surface area contributed by atoms with Crippen molar-refractivity contribution in [2.45, 2.75) is 12.8 Å². The Hall–Kier alpha value is -3.01. The molecule has 0 spiro atoms. The molecule has 0 saturated heterocycles. The lowest BCUT2D eigenvalue weighted by molar-refractivity contribution is -0.117. The number of carboxylic acids is 1. The second kappa shape index (κ2) is 5.02. The minimum Gasteiger partial charge on any atom is -0.478 e. The molecule has 0 saturated carbocycles. The van der Waals surface area contributed by atoms with Gasteiger partial charge in [0.15, 0.2) is 0 Å². The van der Waals surface area contributed by atoms with Crippen molar-refractivity contribution in [2.24, 2.45) is 0 Å². The first-order valence-corrected chi connectivity index (χ1v) is 7.38. The number of carbonyl (C=O) groups excluding carboxylic acids is 1. The molecule has 0 fully saturated rings. The summed E-state index contributed by atoms with van der Waals surface area (Å²) in [5.74, 6) is -0.720. The van der Waals surface area contributed by atoms with Gasteiger partial charge in [0.2, 0.25) is 0 Å². The zero-order valence-electron chi connectivity index (χ0n) is 12.2. The van der Waals surface area contributed by atoms with E-state index in [1.807, 2.05) is 36.4 Å². The van der Waals surface area contributed by atoms with Crippen LogP contribution in [0.1, 0.15) is 21.5 Å². The van der Waals surface area contributed by atoms with Gasteiger partial charge in [-0.05, 0) is 40.5 Å². The third-order valence-electron chi connectivity index (χ3n) is 4.29. The fourth-order valence-electron chi connectivity index (χ4n) is 3.14. The quantitative estimate of drug-likeness (QED) is 0.789. The van der Waals surface area contributed by atoms with E-state index in [0.717, 1.165) is 22.3 Å². The predicted octanol–water partition coefficient (Wildman–Crippen LogP) is 3.27. The summed E-state index contributed by atoms with van der Waals surface area (Å²) in [6.45, 7) is 0. The molecule has 0 radical (unpaired) electrons. The maximum absolute atomic E-state index is 11.6. The number of ketones is 1. The van der Waals surface area contributed by atoms with Crippen LogP contribution in [0.25, 0.3) is 22.0 Å². The standard InChI is InChI=1S/C19H13NO3/c21-15-8-12-2-1-11(7-14(12)9-15)13-3-4-18-17(10-13)16(19(22)23)5-6-20-18/h1-7,10H,8-9H2,(H,22,23). The highest BCUT2D eigenvalue weighted by molar-refractivity contribution is 6.03. The van der Waals surface area contributed by atoms with E-state index in [2.05, 4.69) is 4.98 Å². The van der Waals surface area contributed by atoms with E-state index in [1.54, 1.807) is 0 Å². The number of rotatable bonds is 2. The second-order valence-corrected chi connectivity index (χ2v) is 5.77. The molecule has 0 bridgehead atoms. The van der Waals surface area contributed by atoms with E-state index in [1.165, 1.54) is 12.3 Å². The molecule has 0 amide bonds. The van der Waals surface area contributed by atoms with Crippen LogP contribution in [0.15, 0.2) is 48.7 Å². The number of aromatic nitrogens is 1. The Morgan fingerprint density at radius 1 is 0.957 bits per heavy atom. The Labute approximate surface area is 132 Å². The first-order valence-electron chi connectivity index (χ1n) is 7.38. The Morgan fingerprint density at radius 2 is 1.70 bits per heavy atom. The molecule has 1 aliphatic rings. The van der Waals surface area contributed by atoms with Crippen molar-refractivity contribution in [2.75, 3.05) is 0 Å². The van der Waals surface area contributed by atoms with Crippen LogP contribution in [0.2, 0.25) is 0 Å². The molecule has 0 atom stereocenters. The van der Waals surface area contributed by atoms with Crippen molar-refractivity contribution in [3.05, 3.63) is 65.4 Å². The molecule has 4 rings (SSSR count). The summed E-state index contributed by atoms with van der Waals surface area (Å²) in [7, 11) is 0. The van der Waals surface area contributed by atoms with E-state index in [-0.39, 0.29) is 11.3 Å². The number of aromatic carboxylic acids is 1. The third-order valence-corrected chi connectivity index (χ3v) is 4.29. The maximum atomic E-state index is 11.6. The smallest absolute Gasteiger partial charge is 0.336 e. The van der Waals surface area contributed by atoms with Gasteiger partial charge in [-0.25, -0.2) is 4.79 Å². The molecular formula is C19H13NO3. The number of nitrogens with zero attached hydrogens (tertiary/aromatic N) is 1. The summed E-state index contributed by atoms with van der Waals surface area (Å²) in [5.41, 5.74) is 4.97. The highest BCUT2D eigenvalue weighted by Gasteiger charge is 2.18. The van der Waals surface area contributed by atoms with Crippen molar-refractivity contribution in [1.29, 1.82) is 0 Å². The molecule has 1 N–H and O–H groups in total. The molecule has 1 aliphatic carbocycles. The monoisotopic (exact) mass is 303 g/mol. The molecule has 3 aromatic rings. The normalized spacial score (nSPS) is 13.3. The molecule has 23 heavy (non-hydrogen) atoms. The molecule has 0 aliphatic heterocycles. The molecule has 4 heteroatoms. The molecule has 1 aromatic heterocycles. The fourth-order valence-corrected chi connectivity index (χ4v) is 3.14. The lowest BCUT2D eigenvalue weighted by Gasteiger charge is -2.08. The Bertz CT molecular complexity index is 976. The number of hydrogen-bond acceptors (Lipinski definition) is 3. The van der Waals surface area contributed by atoms with Gasteiger partial charge in [0.05, 0.1) is 11.1 Å². The van der Waals surface area contributed by atoms with Crippen LogP contribution in [-0.4, -0.2) is 21.8 Å². The lowest BCUT2D eigenvalue weighted by Crippen LogP contribution is -1.98. The third kappa shape index (κ3) is 2.28. The molecule has 1 heterocycles. The number of carbonyl (C=O) groups is 2. The Balaban J connectivity index is 1.87. The van der Waals surface area contributed by atoms with Gasteiger partial charge in [0.25, 0.3) is 0 Å². The number of Topliss-reactive ketones (excluding diaryl/α,β-unsaturated/α-hetero) is 1. The maximum Gasteiger partial charge on any atom is 0.336 e. The first kappa shape index (κ1) is 13.6. The Morgan fingerprint density at radius 3 is 2.52 bits per heavy atom. The molecular weight excluding hydrogens is 290 g/mol. The fraction of sp³-hybridized carbons (Fsp3) is 0.105. The van der Waals surface area contributed by atoms with Gasteiger partial charge >= 0.3 is 5.97 Å². The van der Waals surface area contributed by atoms with Gasteiger partial charge in [0.1, 0.15) is 5.78 Å². The highest BCUT2D eigenvalue weighted by Crippen LogP contribution is 2.29. The average molecular weight is 303 g/mol. The van der Waals surface area contributed by atoms with Crippen molar-refractivity contribution >= 4 is 22.7 Å². The van der Waals surface area contributed by atoms with Gasteiger partial charge in [0, 0.05) is 24.4 Å². The van der Waals surface area contributed by atoms with Crippen molar-refractivity contribution < 1.29 is 14.7 Å². The van der Waals surface area contributed by atoms with E-state index in [4.69, 9.17) is 0 Å². The van der Waals surface area contributed by atoms with Gasteiger partial charge in [-0.2, -0.15) is 0 Å². The minimum absolute atomic E-state index is 0.244. The van der Waals surface area contributed by atoms with Gasteiger partial charge < -0.3 is 5.11 Å². The Kier molecular flexibility index (Phi) is 2.98. The second-order valence-electron chi connectivity index (χ2n) is 5.77. The van der Waals surface area contributed by atoms with Gasteiger partial charge in [-0.3, -0.25) is 9.78 Å². The first-order chi connectivity index (χ1) is 11.1. The zero-order chi connectivity index (χ0) is 16.0. The van der Waals surface area contributed by atoms with Gasteiger partial charge in [-0.1, -0.05) is 24.3 Å². The van der Waals surface area contributed by atoms with E-state index < -0.39 is 5.97 Å². The van der Waals surface area contributed by atoms with E-state index >= 15 is 0 Å². The highest BCUT2D eigenvalue weighted by atomic mass is 16.4. The summed E-state index contributed by atoms with van der Waals surface area (Å²) in [6.07, 6.45) is 2.51. The van der Waals surface area contributed by atoms with Crippen LogP contribution in [0.3, 0.4) is 0 Å². The van der Waals surface area contributed by atoms with Crippen LogP contribution < -0.4 is 0 Å². The lowest BCUT2D eigenvalue weighted by atomic mass is 9.98. The molecule has 0 unspecified atom stereocenters. The number of benzene rings is 2. The topological polar surface area (TPSA) is 67.3 Å². The number of hydrogen-bond donors (Lipinski definition) is 1. The van der Waals surface area contributed by atoms with Crippen molar-refractivity contribution in [3.63, 3.8) is 0 Å². The summed E-state index contributed by atoms with van der Waals surface area (Å²) < 4.78 is 0. The largest absolute Gasteiger partial charge is 0.478 e. The summed E-state index contributed by atoms with van der Waals surface area (Å²) in [6, 6.07) is 13.1. The summed E-state index contributed by atoms with van der Waals surface area (Å²) in [5, 5.41) is 9.95. The van der Waals surface area contributed by atoms with E-state index in [0.29, 0.717) is 23.7 Å². The summed E-state index contributed by atoms with van der Waals surface area (Å²) >= 11 is 0. The van der Waals surface area contributed by atoms with Crippen LogP contribution in [-0.2, 0) is 17.6 Å². The number of fused-ring (bicyclic) bond motifs is 2. The minimum atomic E-state index is -0.964. The van der Waals surface area contributed by atoms with E-state index in [9.17, 15) is 14.7 Å². The molecule has 2 aromatic carbocycles. The van der Waals surface area contributed by atoms with Gasteiger partial charge in [-0.15, -0.1) is 0 Å². The van der Waals surface area contributed by atoms with Crippen LogP contribution >= 0.6 is 0 Å². The number of pyridine rings is 1. The summed E-state index contributed by atoms with van der Waals surface area (Å²) in [4.78, 5) is 27.2. The predicted molar refractivity (Wildman–Crippen MR) is 86.6 cm³/mol. The molecule has 4 nitrogen and oxygen atoms in total. The van der Waals surface area contributed by atoms with Crippen LogP contribution in [0.4, 0.5) is 0 Å². The van der Waals surface area contributed by atoms with Crippen LogP contribution in [0, 0.1) is 0 Å². The van der Waals surface area contributed by atoms with Crippen molar-refractivity contribution in [1.82, 2.24) is 4.98 Å². The number of carboxylic acid groups (broad SMARTS) is 1. The molecule has 112 valence electrons. The average Bonchev–Trinajstić information content (AvgIpc) is 2.92. The SMILES string of the molecule is O=C1Cc2ccc(-c3ccc4nccc(C(=O)O)c4c3)cc2C1.